The first-order chi connectivity index (χ1) is 8.61. The van der Waals surface area contributed by atoms with Gasteiger partial charge in [0.2, 0.25) is 0 Å². The molecule has 0 aliphatic rings. The molecule has 0 aliphatic carbocycles. The fraction of sp³-hybridized carbons (Fsp3) is 0.538. The summed E-state index contributed by atoms with van der Waals surface area (Å²) < 4.78 is 23.4. The largest absolute Gasteiger partial charge is 0.335 e. The van der Waals surface area contributed by atoms with Gasteiger partial charge in [-0.25, -0.2) is 0 Å². The minimum Gasteiger partial charge on any atom is -0.308 e. The van der Waals surface area contributed by atoms with Gasteiger partial charge in [-0.15, -0.1) is 0 Å². The number of benzene rings is 1. The third kappa shape index (κ3) is 5.11. The van der Waals surface area contributed by atoms with E-state index in [1.54, 1.807) is 6.07 Å². The van der Waals surface area contributed by atoms with Gasteiger partial charge in [-0.05, 0) is 24.5 Å². The predicted molar refractivity (Wildman–Crippen MR) is 75.2 cm³/mol. The molecule has 0 aromatic heterocycles. The first kappa shape index (κ1) is 15.7. The smallest absolute Gasteiger partial charge is 0.308 e. The zero-order chi connectivity index (χ0) is 13.4. The lowest BCUT2D eigenvalue weighted by Gasteiger charge is -2.18. The minimum absolute atomic E-state index is 0.229. The van der Waals surface area contributed by atoms with Crippen molar-refractivity contribution < 1.29 is 13.6 Å². The van der Waals surface area contributed by atoms with E-state index in [0.717, 1.165) is 18.4 Å². The van der Waals surface area contributed by atoms with Gasteiger partial charge in [0, 0.05) is 5.02 Å². The summed E-state index contributed by atoms with van der Waals surface area (Å²) >= 11 is 6.07. The van der Waals surface area contributed by atoms with Gasteiger partial charge in [0.15, 0.2) is 0 Å². The lowest BCUT2D eigenvalue weighted by atomic mass is 10.2. The molecule has 0 unspecified atom stereocenters. The molecule has 0 saturated heterocycles. The Morgan fingerprint density at radius 1 is 1.11 bits per heavy atom. The van der Waals surface area contributed by atoms with Gasteiger partial charge >= 0.3 is 7.60 Å². The van der Waals surface area contributed by atoms with Crippen molar-refractivity contribution in [3.8, 4) is 0 Å². The van der Waals surface area contributed by atoms with Crippen molar-refractivity contribution >= 4 is 19.2 Å². The maximum Gasteiger partial charge on any atom is 0.335 e. The van der Waals surface area contributed by atoms with E-state index in [1.165, 1.54) is 0 Å². The molecule has 5 heteroatoms. The first-order valence-corrected chi connectivity index (χ1v) is 8.33. The minimum atomic E-state index is -3.09. The number of hydrogen-bond donors (Lipinski definition) is 0. The van der Waals surface area contributed by atoms with Crippen molar-refractivity contribution in [2.75, 3.05) is 13.2 Å². The van der Waals surface area contributed by atoms with Gasteiger partial charge in [0.25, 0.3) is 0 Å². The van der Waals surface area contributed by atoms with E-state index >= 15 is 0 Å². The van der Waals surface area contributed by atoms with Crippen LogP contribution in [0.3, 0.4) is 0 Å². The Balaban J connectivity index is 2.77. The van der Waals surface area contributed by atoms with Crippen molar-refractivity contribution in [2.45, 2.75) is 32.9 Å². The average molecular weight is 291 g/mol. The molecule has 3 nitrogen and oxygen atoms in total. The van der Waals surface area contributed by atoms with Crippen LogP contribution in [-0.4, -0.2) is 13.2 Å². The Hall–Kier alpha value is -0.340. The predicted octanol–water partition coefficient (Wildman–Crippen LogP) is 4.89. The molecule has 0 saturated carbocycles. The van der Waals surface area contributed by atoms with E-state index < -0.39 is 7.60 Å². The van der Waals surface area contributed by atoms with E-state index in [1.807, 2.05) is 32.0 Å². The molecular formula is C13H20ClO3P. The lowest BCUT2D eigenvalue weighted by molar-refractivity contribution is 0.203. The van der Waals surface area contributed by atoms with Gasteiger partial charge < -0.3 is 9.05 Å². The number of hydrogen-bond acceptors (Lipinski definition) is 3. The second-order valence-electron chi connectivity index (χ2n) is 4.03. The van der Waals surface area contributed by atoms with Crippen molar-refractivity contribution in [3.05, 3.63) is 34.9 Å². The molecule has 0 fully saturated rings. The zero-order valence-corrected chi connectivity index (χ0v) is 12.5. The van der Waals surface area contributed by atoms with E-state index in [0.29, 0.717) is 18.2 Å². The summed E-state index contributed by atoms with van der Waals surface area (Å²) in [5.41, 5.74) is 0.801. The first-order valence-electron chi connectivity index (χ1n) is 6.23. The Morgan fingerprint density at radius 2 is 1.67 bits per heavy atom. The van der Waals surface area contributed by atoms with Crippen LogP contribution >= 0.6 is 19.2 Å². The summed E-state index contributed by atoms with van der Waals surface area (Å²) in [5.74, 6) is 0. The van der Waals surface area contributed by atoms with Crippen LogP contribution in [0, 0.1) is 0 Å². The third-order valence-corrected chi connectivity index (χ3v) is 4.55. The monoisotopic (exact) mass is 290 g/mol. The summed E-state index contributed by atoms with van der Waals surface area (Å²) in [4.78, 5) is 0. The van der Waals surface area contributed by atoms with Crippen LogP contribution < -0.4 is 0 Å². The van der Waals surface area contributed by atoms with E-state index in [4.69, 9.17) is 20.6 Å². The molecule has 18 heavy (non-hydrogen) atoms. The standard InChI is InChI=1S/C13H20ClO3P/c1-3-9-16-18(15,17-10-4-2)11-12-7-5-6-8-13(12)14/h5-8H,3-4,9-11H2,1-2H3. The van der Waals surface area contributed by atoms with Crippen LogP contribution in [0.4, 0.5) is 0 Å². The lowest BCUT2D eigenvalue weighted by Crippen LogP contribution is -2.01. The topological polar surface area (TPSA) is 35.5 Å². The normalized spacial score (nSPS) is 11.7. The number of halogens is 1. The highest BCUT2D eigenvalue weighted by molar-refractivity contribution is 7.53. The molecule has 0 atom stereocenters. The zero-order valence-electron chi connectivity index (χ0n) is 10.9. The van der Waals surface area contributed by atoms with Crippen LogP contribution in [0.15, 0.2) is 24.3 Å². The van der Waals surface area contributed by atoms with E-state index in [-0.39, 0.29) is 6.16 Å². The Bertz CT molecular complexity index is 397. The highest BCUT2D eigenvalue weighted by Gasteiger charge is 2.25. The Labute approximate surface area is 114 Å². The summed E-state index contributed by atoms with van der Waals surface area (Å²) in [6.45, 7) is 4.82. The summed E-state index contributed by atoms with van der Waals surface area (Å²) in [6, 6.07) is 7.34. The van der Waals surface area contributed by atoms with Crippen molar-refractivity contribution in [1.82, 2.24) is 0 Å². The van der Waals surface area contributed by atoms with E-state index in [9.17, 15) is 4.57 Å². The summed E-state index contributed by atoms with van der Waals surface area (Å²) in [5, 5.41) is 0.595. The number of rotatable bonds is 8. The summed E-state index contributed by atoms with van der Waals surface area (Å²) in [6.07, 6.45) is 1.84. The third-order valence-electron chi connectivity index (χ3n) is 2.31. The molecule has 1 aromatic rings. The van der Waals surface area contributed by atoms with E-state index in [2.05, 4.69) is 0 Å². The van der Waals surface area contributed by atoms with Gasteiger partial charge in [-0.1, -0.05) is 43.6 Å². The van der Waals surface area contributed by atoms with Gasteiger partial charge in [-0.3, -0.25) is 4.57 Å². The maximum atomic E-state index is 12.5. The maximum absolute atomic E-state index is 12.5. The van der Waals surface area contributed by atoms with Crippen LogP contribution in [0.25, 0.3) is 0 Å². The quantitative estimate of drug-likeness (QED) is 0.640. The van der Waals surface area contributed by atoms with Crippen molar-refractivity contribution in [2.24, 2.45) is 0 Å². The molecule has 0 aliphatic heterocycles. The molecule has 0 N–H and O–H groups in total. The summed E-state index contributed by atoms with van der Waals surface area (Å²) in [7, 11) is -3.09. The molecule has 0 heterocycles. The van der Waals surface area contributed by atoms with Gasteiger partial charge in [-0.2, -0.15) is 0 Å². The highest BCUT2D eigenvalue weighted by atomic mass is 35.5. The molecule has 102 valence electrons. The van der Waals surface area contributed by atoms with Gasteiger partial charge in [0.05, 0.1) is 19.4 Å². The molecule has 0 bridgehead atoms. The van der Waals surface area contributed by atoms with Crippen LogP contribution in [-0.2, 0) is 19.8 Å². The molecule has 0 amide bonds. The molecular weight excluding hydrogens is 271 g/mol. The van der Waals surface area contributed by atoms with Gasteiger partial charge in [0.1, 0.15) is 0 Å². The highest BCUT2D eigenvalue weighted by Crippen LogP contribution is 2.52. The fourth-order valence-electron chi connectivity index (χ4n) is 1.42. The second kappa shape index (κ2) is 7.96. The van der Waals surface area contributed by atoms with Crippen molar-refractivity contribution in [3.63, 3.8) is 0 Å². The van der Waals surface area contributed by atoms with Crippen LogP contribution in [0.5, 0.6) is 0 Å². The van der Waals surface area contributed by atoms with Crippen LogP contribution in [0.2, 0.25) is 5.02 Å². The molecule has 0 spiro atoms. The Morgan fingerprint density at radius 3 is 2.17 bits per heavy atom. The fourth-order valence-corrected chi connectivity index (χ4v) is 3.59. The SMILES string of the molecule is CCCOP(=O)(Cc1ccccc1Cl)OCCC. The second-order valence-corrected chi connectivity index (χ2v) is 6.49. The average Bonchev–Trinajstić information content (AvgIpc) is 2.37. The van der Waals surface area contributed by atoms with Crippen LogP contribution in [0.1, 0.15) is 32.3 Å². The molecule has 1 aromatic carbocycles. The molecule has 0 radical (unpaired) electrons. The van der Waals surface area contributed by atoms with Crippen molar-refractivity contribution in [1.29, 1.82) is 0 Å². The Kier molecular flexibility index (Phi) is 6.95. The molecule has 1 rings (SSSR count).